The smallest absolute Gasteiger partial charge is 0.253 e. The predicted molar refractivity (Wildman–Crippen MR) is 103 cm³/mol. The summed E-state index contributed by atoms with van der Waals surface area (Å²) in [6.45, 7) is 0. The van der Waals surface area contributed by atoms with Crippen molar-refractivity contribution in [2.45, 2.75) is 11.4 Å². The number of thioether (sulfide) groups is 2. The Hall–Kier alpha value is -1.81. The van der Waals surface area contributed by atoms with Crippen molar-refractivity contribution in [3.63, 3.8) is 0 Å². The van der Waals surface area contributed by atoms with Crippen LogP contribution in [0.5, 0.6) is 0 Å². The Bertz CT molecular complexity index is 845. The van der Waals surface area contributed by atoms with Crippen molar-refractivity contribution >= 4 is 70.2 Å². The summed E-state index contributed by atoms with van der Waals surface area (Å²) < 4.78 is 3.79. The van der Waals surface area contributed by atoms with Gasteiger partial charge in [0.05, 0.1) is 22.9 Å². The molecule has 2 aliphatic heterocycles. The van der Waals surface area contributed by atoms with Crippen LogP contribution in [0.3, 0.4) is 0 Å². The summed E-state index contributed by atoms with van der Waals surface area (Å²) in [6.07, 6.45) is 2.82. The van der Waals surface area contributed by atoms with Crippen molar-refractivity contribution in [3.8, 4) is 6.07 Å². The highest BCUT2D eigenvalue weighted by atomic mass is 32.2. The third-order valence-corrected chi connectivity index (χ3v) is 6.57. The molecule has 0 saturated carbocycles. The second-order valence-corrected chi connectivity index (χ2v) is 8.30. The van der Waals surface area contributed by atoms with Crippen LogP contribution < -0.4 is 5.32 Å². The number of carbonyl (C=O) groups excluding carboxylic acids is 3. The Morgan fingerprint density at radius 2 is 2.38 bits per heavy atom. The van der Waals surface area contributed by atoms with Gasteiger partial charge in [-0.2, -0.15) is 5.26 Å². The minimum absolute atomic E-state index is 0.103. The van der Waals surface area contributed by atoms with Crippen LogP contribution in [0.2, 0.25) is 0 Å². The van der Waals surface area contributed by atoms with Gasteiger partial charge in [0.2, 0.25) is 11.0 Å². The highest BCUT2D eigenvalue weighted by molar-refractivity contribution is 8.02. The van der Waals surface area contributed by atoms with Gasteiger partial charge in [-0.1, -0.05) is 17.1 Å². The fourth-order valence-electron chi connectivity index (χ4n) is 2.53. The van der Waals surface area contributed by atoms with Gasteiger partial charge in [0.25, 0.3) is 5.91 Å². The summed E-state index contributed by atoms with van der Waals surface area (Å²) in [4.78, 5) is 38.6. The number of hydrogen-bond acceptors (Lipinski definition) is 9. The molecule has 12 heteroatoms. The minimum atomic E-state index is -0.683. The number of carbonyl (C=O) groups is 3. The van der Waals surface area contributed by atoms with E-state index in [0.29, 0.717) is 16.2 Å². The van der Waals surface area contributed by atoms with Crippen LogP contribution >= 0.6 is 47.7 Å². The Labute approximate surface area is 166 Å². The summed E-state index contributed by atoms with van der Waals surface area (Å²) in [6, 6.07) is 1.15. The minimum Gasteiger partial charge on any atom is -0.341 e. The lowest BCUT2D eigenvalue weighted by molar-refractivity contribution is -0.146. The zero-order valence-electron chi connectivity index (χ0n) is 13.0. The van der Waals surface area contributed by atoms with Crippen molar-refractivity contribution in [3.05, 3.63) is 28.3 Å². The third-order valence-electron chi connectivity index (χ3n) is 3.60. The molecule has 0 unspecified atom stereocenters. The lowest BCUT2D eigenvalue weighted by Crippen LogP contribution is -2.70. The maximum absolute atomic E-state index is 12.5. The van der Waals surface area contributed by atoms with Gasteiger partial charge in [-0.05, 0) is 16.9 Å². The van der Waals surface area contributed by atoms with Crippen LogP contribution in [0, 0.1) is 11.3 Å². The highest BCUT2D eigenvalue weighted by Crippen LogP contribution is 2.44. The molecule has 0 spiro atoms. The first kappa shape index (κ1) is 19.0. The number of thiol groups is 1. The molecular formula is C14H11N5O3S4. The summed E-state index contributed by atoms with van der Waals surface area (Å²) in [5, 5.41) is 15.5. The summed E-state index contributed by atoms with van der Waals surface area (Å²) in [7, 11) is 0. The second kappa shape index (κ2) is 8.26. The molecule has 2 amide bonds. The molecule has 8 nitrogen and oxygen atoms in total. The molecule has 0 aromatic carbocycles. The van der Waals surface area contributed by atoms with E-state index in [4.69, 9.17) is 5.26 Å². The molecular weight excluding hydrogens is 414 g/mol. The topological polar surface area (TPSA) is 116 Å². The largest absolute Gasteiger partial charge is 0.341 e. The maximum Gasteiger partial charge on any atom is 0.253 e. The van der Waals surface area contributed by atoms with Crippen molar-refractivity contribution in [2.24, 2.45) is 0 Å². The number of allylic oxidation sites excluding steroid dienone is 1. The van der Waals surface area contributed by atoms with Gasteiger partial charge in [-0.3, -0.25) is 19.3 Å². The van der Waals surface area contributed by atoms with E-state index in [1.807, 2.05) is 6.07 Å². The number of aromatic nitrogens is 2. The van der Waals surface area contributed by atoms with Crippen molar-refractivity contribution < 1.29 is 14.4 Å². The van der Waals surface area contributed by atoms with Crippen LogP contribution in [-0.4, -0.2) is 54.3 Å². The lowest BCUT2D eigenvalue weighted by atomic mass is 10.0. The fourth-order valence-corrected chi connectivity index (χ4v) is 5.27. The maximum atomic E-state index is 12.5. The molecule has 0 bridgehead atoms. The number of β-lactam (4-membered cyclic amide) rings is 1. The van der Waals surface area contributed by atoms with Crippen LogP contribution in [0.15, 0.2) is 23.4 Å². The molecule has 26 heavy (non-hydrogen) atoms. The summed E-state index contributed by atoms with van der Waals surface area (Å²) in [5.41, 5.74) is 0.904. The van der Waals surface area contributed by atoms with E-state index in [1.54, 1.807) is 6.20 Å². The van der Waals surface area contributed by atoms with Gasteiger partial charge in [0.1, 0.15) is 17.1 Å². The molecule has 2 aliphatic rings. The highest BCUT2D eigenvalue weighted by Gasteiger charge is 2.53. The molecule has 1 fully saturated rings. The van der Waals surface area contributed by atoms with E-state index in [-0.39, 0.29) is 28.6 Å². The Morgan fingerprint density at radius 3 is 3.04 bits per heavy atom. The number of rotatable bonds is 6. The first-order chi connectivity index (χ1) is 12.5. The van der Waals surface area contributed by atoms with Gasteiger partial charge in [0, 0.05) is 17.4 Å². The van der Waals surface area contributed by atoms with Crippen LogP contribution in [-0.2, 0) is 14.4 Å². The van der Waals surface area contributed by atoms with Crippen molar-refractivity contribution in [1.29, 1.82) is 5.26 Å². The van der Waals surface area contributed by atoms with Crippen LogP contribution in [0.25, 0.3) is 5.57 Å². The SMILES string of the molecule is N#C/C=C\SCC(=O)N[C@@H]1C(=O)N2C(C(=O)S)=C(c3cnns3)CS[C@H]12. The molecule has 3 heterocycles. The quantitative estimate of drug-likeness (QED) is 0.392. The van der Waals surface area contributed by atoms with Crippen molar-refractivity contribution in [1.82, 2.24) is 19.8 Å². The molecule has 1 saturated heterocycles. The first-order valence-corrected chi connectivity index (χ1v) is 10.5. The van der Waals surface area contributed by atoms with E-state index in [0.717, 1.165) is 23.3 Å². The molecule has 1 aromatic rings. The Kier molecular flexibility index (Phi) is 6.02. The molecule has 134 valence electrons. The normalized spacial score (nSPS) is 22.0. The molecule has 0 aliphatic carbocycles. The van der Waals surface area contributed by atoms with Gasteiger partial charge in [0.15, 0.2) is 0 Å². The monoisotopic (exact) mass is 425 g/mol. The molecule has 2 atom stereocenters. The van der Waals surface area contributed by atoms with Crippen LogP contribution in [0.4, 0.5) is 0 Å². The zero-order valence-corrected chi connectivity index (χ0v) is 16.3. The average molecular weight is 426 g/mol. The van der Waals surface area contributed by atoms with Crippen molar-refractivity contribution in [2.75, 3.05) is 11.5 Å². The Balaban J connectivity index is 1.72. The number of nitrogens with zero attached hydrogens (tertiary/aromatic N) is 4. The molecule has 3 rings (SSSR count). The van der Waals surface area contributed by atoms with E-state index in [1.165, 1.54) is 28.1 Å². The first-order valence-electron chi connectivity index (χ1n) is 7.19. The number of amides is 2. The predicted octanol–water partition coefficient (Wildman–Crippen LogP) is 0.876. The summed E-state index contributed by atoms with van der Waals surface area (Å²) >= 11 is 7.68. The second-order valence-electron chi connectivity index (χ2n) is 5.11. The third kappa shape index (κ3) is 3.66. The standard InChI is InChI=1S/C14H11N5O3S4/c15-2-1-3-24-6-9(20)17-10-12(21)19-11(14(22)23)7(5-25-13(10)19)8-4-16-18-26-8/h1,3-4,10,13H,5-6H2,(H,17,20)(H,22,23)/b3-1-/t10-,13-/m1/s1. The Morgan fingerprint density at radius 1 is 1.58 bits per heavy atom. The summed E-state index contributed by atoms with van der Waals surface area (Å²) in [5.74, 6) is -0.0611. The molecule has 0 radical (unpaired) electrons. The van der Waals surface area contributed by atoms with E-state index >= 15 is 0 Å². The molecule has 1 aromatic heterocycles. The van der Waals surface area contributed by atoms with Gasteiger partial charge in [-0.25, -0.2) is 0 Å². The van der Waals surface area contributed by atoms with Gasteiger partial charge in [-0.15, -0.1) is 28.6 Å². The lowest BCUT2D eigenvalue weighted by Gasteiger charge is -2.49. The number of hydrogen-bond donors (Lipinski definition) is 2. The van der Waals surface area contributed by atoms with Gasteiger partial charge >= 0.3 is 0 Å². The van der Waals surface area contributed by atoms with Crippen LogP contribution in [0.1, 0.15) is 4.88 Å². The fraction of sp³-hybridized carbons (Fsp3) is 0.286. The zero-order chi connectivity index (χ0) is 18.7. The van der Waals surface area contributed by atoms with Gasteiger partial charge < -0.3 is 5.32 Å². The van der Waals surface area contributed by atoms with E-state index in [9.17, 15) is 14.4 Å². The number of nitriles is 1. The number of fused-ring (bicyclic) bond motifs is 1. The average Bonchev–Trinajstić information content (AvgIpc) is 3.16. The van der Waals surface area contributed by atoms with E-state index in [2.05, 4.69) is 27.5 Å². The van der Waals surface area contributed by atoms with E-state index < -0.39 is 11.2 Å². The molecule has 1 N–H and O–H groups in total. The number of nitrogens with one attached hydrogen (secondary N) is 1.